The van der Waals surface area contributed by atoms with E-state index in [1.165, 1.54) is 0 Å². The van der Waals surface area contributed by atoms with Gasteiger partial charge in [-0.15, -0.1) is 0 Å². The second-order valence-corrected chi connectivity index (χ2v) is 6.06. The van der Waals surface area contributed by atoms with Crippen LogP contribution in [0.1, 0.15) is 44.6 Å². The number of hydrogen-bond acceptors (Lipinski definition) is 2. The minimum Gasteiger partial charge on any atom is -0.481 e. The van der Waals surface area contributed by atoms with Gasteiger partial charge in [0.15, 0.2) is 0 Å². The van der Waals surface area contributed by atoms with Crippen molar-refractivity contribution in [1.82, 2.24) is 4.90 Å². The fraction of sp³-hybridized carbons (Fsp3) is 0.529. The van der Waals surface area contributed by atoms with Crippen molar-refractivity contribution < 1.29 is 14.7 Å². The van der Waals surface area contributed by atoms with Crippen LogP contribution in [0.25, 0.3) is 0 Å². The highest BCUT2D eigenvalue weighted by atomic mass is 16.4. The van der Waals surface area contributed by atoms with Crippen LogP contribution in [0.15, 0.2) is 30.3 Å². The van der Waals surface area contributed by atoms with Crippen molar-refractivity contribution in [2.75, 3.05) is 13.1 Å². The zero-order valence-electron chi connectivity index (χ0n) is 12.7. The fourth-order valence-corrected chi connectivity index (χ4v) is 2.89. The Morgan fingerprint density at radius 1 is 1.24 bits per heavy atom. The molecule has 0 aromatic heterocycles. The van der Waals surface area contributed by atoms with E-state index in [-0.39, 0.29) is 11.8 Å². The van der Waals surface area contributed by atoms with Crippen molar-refractivity contribution in [3.63, 3.8) is 0 Å². The van der Waals surface area contributed by atoms with Gasteiger partial charge in [-0.2, -0.15) is 0 Å². The molecule has 1 amide bonds. The molecule has 21 heavy (non-hydrogen) atoms. The lowest BCUT2D eigenvalue weighted by Crippen LogP contribution is -2.46. The molecule has 1 atom stereocenters. The van der Waals surface area contributed by atoms with E-state index in [1.807, 2.05) is 42.2 Å². The molecule has 1 fully saturated rings. The quantitative estimate of drug-likeness (QED) is 0.927. The number of carbonyl (C=O) groups excluding carboxylic acids is 1. The molecular weight excluding hydrogens is 266 g/mol. The van der Waals surface area contributed by atoms with Gasteiger partial charge in [-0.05, 0) is 31.7 Å². The first kappa shape index (κ1) is 15.5. The van der Waals surface area contributed by atoms with Crippen LogP contribution in [0.3, 0.4) is 0 Å². The highest BCUT2D eigenvalue weighted by Crippen LogP contribution is 2.33. The molecule has 1 unspecified atom stereocenters. The standard InChI is InChI=1S/C17H23NO3/c1-3-14(13-7-5-4-6-8-13)15(19)18-11-9-17(2,10-12-18)16(20)21/h4-8,14H,3,9-12H2,1-2H3,(H,20,21). The van der Waals surface area contributed by atoms with E-state index in [2.05, 4.69) is 0 Å². The van der Waals surface area contributed by atoms with Crippen LogP contribution in [0.2, 0.25) is 0 Å². The molecule has 0 radical (unpaired) electrons. The summed E-state index contributed by atoms with van der Waals surface area (Å²) in [5, 5.41) is 9.25. The molecule has 4 heteroatoms. The molecule has 0 bridgehead atoms. The summed E-state index contributed by atoms with van der Waals surface area (Å²) in [6.07, 6.45) is 1.81. The molecule has 1 N–H and O–H groups in total. The minimum absolute atomic E-state index is 0.121. The normalized spacial score (nSPS) is 19.0. The van der Waals surface area contributed by atoms with Crippen LogP contribution in [0.5, 0.6) is 0 Å². The summed E-state index contributed by atoms with van der Waals surface area (Å²) < 4.78 is 0. The van der Waals surface area contributed by atoms with Gasteiger partial charge in [0.05, 0.1) is 11.3 Å². The van der Waals surface area contributed by atoms with Crippen LogP contribution in [0, 0.1) is 5.41 Å². The summed E-state index contributed by atoms with van der Waals surface area (Å²) in [6.45, 7) is 4.85. The highest BCUT2D eigenvalue weighted by Gasteiger charge is 2.39. The number of nitrogens with zero attached hydrogens (tertiary/aromatic N) is 1. The number of carboxylic acids is 1. The number of aliphatic carboxylic acids is 1. The maximum absolute atomic E-state index is 12.7. The number of benzene rings is 1. The molecule has 1 heterocycles. The third-order valence-electron chi connectivity index (χ3n) is 4.60. The Morgan fingerprint density at radius 3 is 2.29 bits per heavy atom. The Hall–Kier alpha value is -1.84. The van der Waals surface area contributed by atoms with Crippen molar-refractivity contribution in [2.24, 2.45) is 5.41 Å². The van der Waals surface area contributed by atoms with Crippen LogP contribution in [-0.2, 0) is 9.59 Å². The van der Waals surface area contributed by atoms with E-state index in [0.717, 1.165) is 12.0 Å². The number of carboxylic acid groups (broad SMARTS) is 1. The summed E-state index contributed by atoms with van der Waals surface area (Å²) in [5.74, 6) is -0.763. The van der Waals surface area contributed by atoms with Gasteiger partial charge in [-0.3, -0.25) is 9.59 Å². The van der Waals surface area contributed by atoms with Gasteiger partial charge in [0.2, 0.25) is 5.91 Å². The van der Waals surface area contributed by atoms with Crippen LogP contribution in [0.4, 0.5) is 0 Å². The average Bonchev–Trinajstić information content (AvgIpc) is 2.49. The molecule has 1 saturated heterocycles. The van der Waals surface area contributed by atoms with Crippen LogP contribution < -0.4 is 0 Å². The van der Waals surface area contributed by atoms with E-state index in [9.17, 15) is 14.7 Å². The summed E-state index contributed by atoms with van der Waals surface area (Å²) in [7, 11) is 0. The molecule has 0 saturated carbocycles. The summed E-state index contributed by atoms with van der Waals surface area (Å²) in [5.41, 5.74) is 0.349. The smallest absolute Gasteiger partial charge is 0.309 e. The SMILES string of the molecule is CCC(C(=O)N1CCC(C)(C(=O)O)CC1)c1ccccc1. The average molecular weight is 289 g/mol. The highest BCUT2D eigenvalue weighted by molar-refractivity contribution is 5.84. The van der Waals surface area contributed by atoms with Crippen molar-refractivity contribution >= 4 is 11.9 Å². The van der Waals surface area contributed by atoms with Gasteiger partial charge in [0.25, 0.3) is 0 Å². The second kappa shape index (κ2) is 6.29. The first-order chi connectivity index (χ1) is 9.98. The van der Waals surface area contributed by atoms with Crippen molar-refractivity contribution in [3.8, 4) is 0 Å². The lowest BCUT2D eigenvalue weighted by Gasteiger charge is -2.38. The number of amides is 1. The van der Waals surface area contributed by atoms with Crippen LogP contribution >= 0.6 is 0 Å². The number of carbonyl (C=O) groups is 2. The van der Waals surface area contributed by atoms with Gasteiger partial charge in [0, 0.05) is 13.1 Å². The van der Waals surface area contributed by atoms with Gasteiger partial charge in [-0.1, -0.05) is 37.3 Å². The third kappa shape index (κ3) is 3.26. The summed E-state index contributed by atoms with van der Waals surface area (Å²) in [4.78, 5) is 25.8. The number of piperidine rings is 1. The predicted octanol–water partition coefficient (Wildman–Crippen LogP) is 2.89. The van der Waals surface area contributed by atoms with Crippen molar-refractivity contribution in [2.45, 2.75) is 39.0 Å². The molecule has 1 aromatic carbocycles. The molecule has 0 spiro atoms. The molecule has 1 aromatic rings. The Kier molecular flexibility index (Phi) is 4.66. The third-order valence-corrected chi connectivity index (χ3v) is 4.60. The maximum atomic E-state index is 12.7. The second-order valence-electron chi connectivity index (χ2n) is 6.06. The summed E-state index contributed by atoms with van der Waals surface area (Å²) >= 11 is 0. The van der Waals surface area contributed by atoms with E-state index >= 15 is 0 Å². The molecule has 0 aliphatic carbocycles. The molecule has 1 aliphatic rings. The largest absolute Gasteiger partial charge is 0.481 e. The zero-order valence-corrected chi connectivity index (χ0v) is 12.7. The molecule has 4 nitrogen and oxygen atoms in total. The predicted molar refractivity (Wildman–Crippen MR) is 81.0 cm³/mol. The van der Waals surface area contributed by atoms with Crippen LogP contribution in [-0.4, -0.2) is 35.0 Å². The fourth-order valence-electron chi connectivity index (χ4n) is 2.89. The topological polar surface area (TPSA) is 57.6 Å². The van der Waals surface area contributed by atoms with Gasteiger partial charge in [-0.25, -0.2) is 0 Å². The van der Waals surface area contributed by atoms with Crippen molar-refractivity contribution in [3.05, 3.63) is 35.9 Å². The first-order valence-corrected chi connectivity index (χ1v) is 7.55. The minimum atomic E-state index is -0.760. The van der Waals surface area contributed by atoms with Crippen molar-refractivity contribution in [1.29, 1.82) is 0 Å². The maximum Gasteiger partial charge on any atom is 0.309 e. The number of rotatable bonds is 4. The molecule has 114 valence electrons. The lowest BCUT2D eigenvalue weighted by atomic mass is 9.80. The monoisotopic (exact) mass is 289 g/mol. The Morgan fingerprint density at radius 2 is 1.81 bits per heavy atom. The van der Waals surface area contributed by atoms with Gasteiger partial charge in [0.1, 0.15) is 0 Å². The van der Waals surface area contributed by atoms with E-state index in [1.54, 1.807) is 6.92 Å². The summed E-state index contributed by atoms with van der Waals surface area (Å²) in [6, 6.07) is 9.81. The first-order valence-electron chi connectivity index (χ1n) is 7.55. The molecule has 2 rings (SSSR count). The Balaban J connectivity index is 2.06. The molecule has 1 aliphatic heterocycles. The molecular formula is C17H23NO3. The van der Waals surface area contributed by atoms with Gasteiger partial charge >= 0.3 is 5.97 Å². The Labute approximate surface area is 125 Å². The van der Waals surface area contributed by atoms with E-state index < -0.39 is 11.4 Å². The number of hydrogen-bond donors (Lipinski definition) is 1. The lowest BCUT2D eigenvalue weighted by molar-refractivity contribution is -0.153. The zero-order chi connectivity index (χ0) is 15.5. The number of likely N-dealkylation sites (tertiary alicyclic amines) is 1. The van der Waals surface area contributed by atoms with E-state index in [4.69, 9.17) is 0 Å². The van der Waals surface area contributed by atoms with E-state index in [0.29, 0.717) is 25.9 Å². The van der Waals surface area contributed by atoms with Gasteiger partial charge < -0.3 is 10.0 Å². The Bertz CT molecular complexity index is 504.